The Morgan fingerprint density at radius 1 is 0.941 bits per heavy atom. The fourth-order valence-corrected chi connectivity index (χ4v) is 3.99. The molecule has 0 saturated heterocycles. The fourth-order valence-electron chi connectivity index (χ4n) is 3.99. The molecule has 0 bridgehead atoms. The molecule has 0 fully saturated rings. The molecule has 1 N–H and O–H groups in total. The number of hydrogen-bond donors (Lipinski definition) is 1. The average molecular weight is 470 g/mol. The first kappa shape index (κ1) is 25.0. The zero-order chi connectivity index (χ0) is 24.8. The predicted molar refractivity (Wildman–Crippen MR) is 131 cm³/mol. The van der Waals surface area contributed by atoms with Crippen molar-refractivity contribution in [3.05, 3.63) is 47.0 Å². The van der Waals surface area contributed by atoms with Crippen LogP contribution in [0.15, 0.2) is 30.4 Å². The summed E-state index contributed by atoms with van der Waals surface area (Å²) in [6, 6.07) is 5.11. The first-order chi connectivity index (χ1) is 16.4. The SMILES string of the molecule is COc1ccc(/C=C/C(=O)c2c(OC)cc(OC)c(C3=CCN(C)CC3)c2O)c(OC)c1OC. The molecule has 1 aliphatic heterocycles. The first-order valence-corrected chi connectivity index (χ1v) is 10.8. The first-order valence-electron chi connectivity index (χ1n) is 10.8. The molecule has 3 rings (SSSR count). The molecule has 0 atom stereocenters. The lowest BCUT2D eigenvalue weighted by Gasteiger charge is -2.24. The summed E-state index contributed by atoms with van der Waals surface area (Å²) in [6.07, 6.45) is 5.71. The zero-order valence-corrected chi connectivity index (χ0v) is 20.4. The number of rotatable bonds is 9. The molecular formula is C26H31NO7. The van der Waals surface area contributed by atoms with Gasteiger partial charge in [0, 0.05) is 24.7 Å². The summed E-state index contributed by atoms with van der Waals surface area (Å²) in [6.45, 7) is 1.58. The van der Waals surface area contributed by atoms with Crippen molar-refractivity contribution in [2.24, 2.45) is 0 Å². The number of phenolic OH excluding ortho intramolecular Hbond substituents is 1. The Morgan fingerprint density at radius 3 is 2.18 bits per heavy atom. The topological polar surface area (TPSA) is 86.7 Å². The molecule has 0 aliphatic carbocycles. The summed E-state index contributed by atoms with van der Waals surface area (Å²) >= 11 is 0. The second-order valence-corrected chi connectivity index (χ2v) is 7.74. The van der Waals surface area contributed by atoms with Gasteiger partial charge in [-0.25, -0.2) is 0 Å². The number of carbonyl (C=O) groups is 1. The monoisotopic (exact) mass is 469 g/mol. The van der Waals surface area contributed by atoms with Gasteiger partial charge in [0.25, 0.3) is 0 Å². The molecule has 2 aromatic rings. The van der Waals surface area contributed by atoms with Gasteiger partial charge in [0.15, 0.2) is 17.3 Å². The van der Waals surface area contributed by atoms with Crippen molar-refractivity contribution in [2.45, 2.75) is 6.42 Å². The molecule has 0 aromatic heterocycles. The Hall–Kier alpha value is -3.65. The van der Waals surface area contributed by atoms with E-state index in [1.807, 2.05) is 13.1 Å². The standard InChI is InChI=1S/C26H31NO7/c1-27-13-11-16(12-14-27)22-20(31-3)15-21(32-4)23(24(22)29)18(28)9-7-17-8-10-19(30-2)26(34-6)25(17)33-5/h7-11,15,29H,12-14H2,1-6H3/b9-7+. The van der Waals surface area contributed by atoms with E-state index in [1.165, 1.54) is 41.6 Å². The van der Waals surface area contributed by atoms with Crippen LogP contribution in [-0.2, 0) is 0 Å². The van der Waals surface area contributed by atoms with E-state index in [2.05, 4.69) is 4.90 Å². The van der Waals surface area contributed by atoms with Crippen LogP contribution >= 0.6 is 0 Å². The molecule has 0 spiro atoms. The van der Waals surface area contributed by atoms with E-state index in [9.17, 15) is 9.90 Å². The van der Waals surface area contributed by atoms with Crippen molar-refractivity contribution in [1.29, 1.82) is 0 Å². The predicted octanol–water partition coefficient (Wildman–Crippen LogP) is 4.05. The lowest BCUT2D eigenvalue weighted by atomic mass is 9.93. The second-order valence-electron chi connectivity index (χ2n) is 7.74. The van der Waals surface area contributed by atoms with Crippen molar-refractivity contribution in [3.63, 3.8) is 0 Å². The van der Waals surface area contributed by atoms with Gasteiger partial charge >= 0.3 is 0 Å². The van der Waals surface area contributed by atoms with E-state index in [0.29, 0.717) is 34.1 Å². The molecule has 0 saturated carbocycles. The van der Waals surface area contributed by atoms with Crippen molar-refractivity contribution in [1.82, 2.24) is 4.90 Å². The maximum atomic E-state index is 13.3. The highest BCUT2D eigenvalue weighted by Crippen LogP contribution is 2.44. The summed E-state index contributed by atoms with van der Waals surface area (Å²) in [5.74, 6) is 1.43. The van der Waals surface area contributed by atoms with Crippen LogP contribution in [-0.4, -0.2) is 71.5 Å². The fraction of sp³-hybridized carbons (Fsp3) is 0.346. The number of ether oxygens (including phenoxy) is 5. The van der Waals surface area contributed by atoms with Crippen LogP contribution in [0.3, 0.4) is 0 Å². The van der Waals surface area contributed by atoms with Gasteiger partial charge in [-0.15, -0.1) is 0 Å². The van der Waals surface area contributed by atoms with Crippen LogP contribution in [0.4, 0.5) is 0 Å². The highest BCUT2D eigenvalue weighted by Gasteiger charge is 2.26. The number of benzene rings is 2. The maximum absolute atomic E-state index is 13.3. The summed E-state index contributed by atoms with van der Waals surface area (Å²) in [7, 11) is 9.56. The Labute approximate surface area is 199 Å². The lowest BCUT2D eigenvalue weighted by molar-refractivity contribution is 0.104. The van der Waals surface area contributed by atoms with Gasteiger partial charge in [0.1, 0.15) is 22.8 Å². The molecule has 1 heterocycles. The van der Waals surface area contributed by atoms with E-state index in [4.69, 9.17) is 23.7 Å². The summed E-state index contributed by atoms with van der Waals surface area (Å²) in [4.78, 5) is 15.5. The van der Waals surface area contributed by atoms with E-state index in [1.54, 1.807) is 24.3 Å². The number of allylic oxidation sites excluding steroid dienone is 1. The number of aromatic hydroxyl groups is 1. The minimum atomic E-state index is -0.427. The number of hydrogen-bond acceptors (Lipinski definition) is 8. The van der Waals surface area contributed by atoms with E-state index < -0.39 is 5.78 Å². The van der Waals surface area contributed by atoms with Crippen LogP contribution in [0.25, 0.3) is 11.6 Å². The highest BCUT2D eigenvalue weighted by atomic mass is 16.5. The smallest absolute Gasteiger partial charge is 0.203 e. The Morgan fingerprint density at radius 2 is 1.62 bits per heavy atom. The van der Waals surface area contributed by atoms with Crippen molar-refractivity contribution in [3.8, 4) is 34.5 Å². The third kappa shape index (κ3) is 4.82. The molecular weight excluding hydrogens is 438 g/mol. The largest absolute Gasteiger partial charge is 0.506 e. The van der Waals surface area contributed by atoms with E-state index >= 15 is 0 Å². The summed E-state index contributed by atoms with van der Waals surface area (Å²) in [5, 5.41) is 11.2. The van der Waals surface area contributed by atoms with Gasteiger partial charge in [-0.3, -0.25) is 4.79 Å². The number of phenols is 1. The minimum absolute atomic E-state index is 0.0637. The highest BCUT2D eigenvalue weighted by molar-refractivity contribution is 6.12. The molecule has 0 radical (unpaired) electrons. The maximum Gasteiger partial charge on any atom is 0.203 e. The van der Waals surface area contributed by atoms with Gasteiger partial charge < -0.3 is 33.7 Å². The zero-order valence-electron chi connectivity index (χ0n) is 20.4. The number of ketones is 1. The molecule has 182 valence electrons. The summed E-state index contributed by atoms with van der Waals surface area (Å²) in [5.41, 5.74) is 2.11. The molecule has 0 unspecified atom stereocenters. The quantitative estimate of drug-likeness (QED) is 0.435. The molecule has 1 aliphatic rings. The van der Waals surface area contributed by atoms with Gasteiger partial charge in [-0.1, -0.05) is 6.08 Å². The normalized spacial score (nSPS) is 14.0. The van der Waals surface area contributed by atoms with Gasteiger partial charge in [0.05, 0.1) is 41.1 Å². The Kier molecular flexibility index (Phi) is 8.07. The van der Waals surface area contributed by atoms with Crippen molar-refractivity contribution in [2.75, 3.05) is 55.7 Å². The van der Waals surface area contributed by atoms with Gasteiger partial charge in [-0.05, 0) is 43.3 Å². The number of methoxy groups -OCH3 is 5. The number of likely N-dealkylation sites (N-methyl/N-ethyl adjacent to an activating group) is 1. The van der Waals surface area contributed by atoms with Crippen LogP contribution in [0.2, 0.25) is 0 Å². The Balaban J connectivity index is 2.07. The molecule has 0 amide bonds. The molecule has 8 heteroatoms. The van der Waals surface area contributed by atoms with Crippen molar-refractivity contribution < 1.29 is 33.6 Å². The van der Waals surface area contributed by atoms with Crippen LogP contribution in [0.1, 0.15) is 27.9 Å². The number of carbonyl (C=O) groups excluding carboxylic acids is 1. The minimum Gasteiger partial charge on any atom is -0.506 e. The van der Waals surface area contributed by atoms with Crippen LogP contribution in [0, 0.1) is 0 Å². The van der Waals surface area contributed by atoms with Crippen molar-refractivity contribution >= 4 is 17.4 Å². The Bertz CT molecular complexity index is 1120. The van der Waals surface area contributed by atoms with Crippen LogP contribution < -0.4 is 23.7 Å². The third-order valence-electron chi connectivity index (χ3n) is 5.80. The lowest BCUT2D eigenvalue weighted by Crippen LogP contribution is -2.23. The molecule has 8 nitrogen and oxygen atoms in total. The van der Waals surface area contributed by atoms with E-state index in [0.717, 1.165) is 25.1 Å². The average Bonchev–Trinajstić information content (AvgIpc) is 2.86. The third-order valence-corrected chi connectivity index (χ3v) is 5.80. The van der Waals surface area contributed by atoms with Crippen LogP contribution in [0.5, 0.6) is 34.5 Å². The summed E-state index contributed by atoms with van der Waals surface area (Å²) < 4.78 is 27.2. The van der Waals surface area contributed by atoms with Gasteiger partial charge in [-0.2, -0.15) is 0 Å². The van der Waals surface area contributed by atoms with E-state index in [-0.39, 0.29) is 17.1 Å². The molecule has 2 aromatic carbocycles. The second kappa shape index (κ2) is 11.0. The van der Waals surface area contributed by atoms with Gasteiger partial charge in [0.2, 0.25) is 5.75 Å². The molecule has 34 heavy (non-hydrogen) atoms. The number of nitrogens with zero attached hydrogens (tertiary/aromatic N) is 1.